The first-order chi connectivity index (χ1) is 15.5. The van der Waals surface area contributed by atoms with E-state index in [1.54, 1.807) is 30.3 Å². The molecule has 2 aromatic carbocycles. The van der Waals surface area contributed by atoms with Crippen molar-refractivity contribution < 1.29 is 23.4 Å². The molecule has 0 bridgehead atoms. The largest absolute Gasteiger partial charge is 0.478 e. The van der Waals surface area contributed by atoms with Crippen molar-refractivity contribution in [3.05, 3.63) is 83.4 Å². The van der Waals surface area contributed by atoms with Gasteiger partial charge in [0, 0.05) is 12.6 Å². The first kappa shape index (κ1) is 24.1. The molecule has 32 heavy (non-hydrogen) atoms. The maximum absolute atomic E-state index is 13.4. The summed E-state index contributed by atoms with van der Waals surface area (Å²) in [6.07, 6.45) is 7.83. The topological polar surface area (TPSA) is 49.8 Å². The van der Waals surface area contributed by atoms with Crippen LogP contribution in [0.25, 0.3) is 0 Å². The van der Waals surface area contributed by atoms with Gasteiger partial charge in [0.1, 0.15) is 17.7 Å². The summed E-state index contributed by atoms with van der Waals surface area (Å²) >= 11 is 0. The number of carboxylic acids is 1. The average molecular weight is 444 g/mol. The summed E-state index contributed by atoms with van der Waals surface area (Å²) in [5.74, 6) is -0.794. The average Bonchev–Trinajstić information content (AvgIpc) is 2.79. The van der Waals surface area contributed by atoms with Crippen LogP contribution in [0.2, 0.25) is 0 Å². The molecule has 0 atom stereocenters. The lowest BCUT2D eigenvalue weighted by atomic mass is 9.91. The monoisotopic (exact) mass is 443 g/mol. The van der Waals surface area contributed by atoms with Gasteiger partial charge in [0.05, 0.1) is 6.61 Å². The van der Waals surface area contributed by atoms with Crippen molar-refractivity contribution in [3.63, 3.8) is 0 Å². The Bertz CT molecular complexity index is 814. The number of halogens is 2. The van der Waals surface area contributed by atoms with Crippen LogP contribution in [0.1, 0.15) is 49.3 Å². The first-order valence-electron chi connectivity index (χ1n) is 11.3. The van der Waals surface area contributed by atoms with Crippen LogP contribution in [-0.4, -0.2) is 42.2 Å². The molecule has 4 nitrogen and oxygen atoms in total. The van der Waals surface area contributed by atoms with E-state index in [0.29, 0.717) is 12.5 Å². The van der Waals surface area contributed by atoms with Crippen molar-refractivity contribution in [1.82, 2.24) is 4.90 Å². The quantitative estimate of drug-likeness (QED) is 0.363. The van der Waals surface area contributed by atoms with Crippen LogP contribution < -0.4 is 0 Å². The minimum absolute atomic E-state index is 0.299. The number of hydrogen-bond acceptors (Lipinski definition) is 3. The number of carbonyl (C=O) groups is 1. The van der Waals surface area contributed by atoms with E-state index in [0.717, 1.165) is 62.9 Å². The smallest absolute Gasteiger partial charge is 0.327 e. The molecular weight excluding hydrogens is 412 g/mol. The minimum atomic E-state index is -0.887. The molecule has 1 aliphatic heterocycles. The molecule has 1 aliphatic rings. The highest BCUT2D eigenvalue weighted by Gasteiger charge is 2.20. The van der Waals surface area contributed by atoms with Gasteiger partial charge in [0.15, 0.2) is 0 Å². The van der Waals surface area contributed by atoms with Crippen LogP contribution in [0.3, 0.4) is 0 Å². The van der Waals surface area contributed by atoms with Crippen molar-refractivity contribution in [2.45, 2.75) is 38.2 Å². The number of likely N-dealkylation sites (tertiary alicyclic amines) is 1. The fourth-order valence-electron chi connectivity index (χ4n) is 4.17. The molecule has 0 radical (unpaired) electrons. The number of piperidine rings is 1. The fourth-order valence-corrected chi connectivity index (χ4v) is 4.17. The molecule has 6 heteroatoms. The SMILES string of the molecule is O=C(O)C=CCCCC1CCN(CCOC(c2ccc(F)cc2)c2ccc(F)cc2)CC1. The van der Waals surface area contributed by atoms with Crippen LogP contribution in [0.5, 0.6) is 0 Å². The molecule has 1 saturated heterocycles. The van der Waals surface area contributed by atoms with Crippen molar-refractivity contribution >= 4 is 5.97 Å². The summed E-state index contributed by atoms with van der Waals surface area (Å²) in [5.41, 5.74) is 1.68. The van der Waals surface area contributed by atoms with Gasteiger partial charge < -0.3 is 14.7 Å². The van der Waals surface area contributed by atoms with Gasteiger partial charge in [-0.25, -0.2) is 13.6 Å². The Morgan fingerprint density at radius 1 is 1.03 bits per heavy atom. The Balaban J connectivity index is 1.44. The number of unbranched alkanes of at least 4 members (excludes halogenated alkanes) is 1. The van der Waals surface area contributed by atoms with Gasteiger partial charge in [-0.15, -0.1) is 0 Å². The first-order valence-corrected chi connectivity index (χ1v) is 11.3. The van der Waals surface area contributed by atoms with Gasteiger partial charge in [-0.2, -0.15) is 0 Å². The van der Waals surface area contributed by atoms with Gasteiger partial charge >= 0.3 is 5.97 Å². The van der Waals surface area contributed by atoms with Crippen LogP contribution in [0, 0.1) is 17.6 Å². The zero-order chi connectivity index (χ0) is 22.8. The van der Waals surface area contributed by atoms with E-state index < -0.39 is 5.97 Å². The summed E-state index contributed by atoms with van der Waals surface area (Å²) in [6, 6.07) is 12.5. The number of aliphatic carboxylic acids is 1. The molecule has 0 amide bonds. The molecule has 1 heterocycles. The molecule has 0 spiro atoms. The van der Waals surface area contributed by atoms with E-state index in [1.165, 1.54) is 30.3 Å². The molecule has 0 aliphatic carbocycles. The third-order valence-electron chi connectivity index (χ3n) is 5.99. The molecular formula is C26H31F2NO3. The molecule has 0 unspecified atom stereocenters. The number of rotatable bonds is 11. The van der Waals surface area contributed by atoms with Crippen molar-refractivity contribution in [1.29, 1.82) is 0 Å². The van der Waals surface area contributed by atoms with Crippen LogP contribution in [0.15, 0.2) is 60.7 Å². The van der Waals surface area contributed by atoms with E-state index >= 15 is 0 Å². The van der Waals surface area contributed by atoms with E-state index in [9.17, 15) is 13.6 Å². The van der Waals surface area contributed by atoms with Gasteiger partial charge in [-0.3, -0.25) is 0 Å². The third-order valence-corrected chi connectivity index (χ3v) is 5.99. The van der Waals surface area contributed by atoms with Crippen molar-refractivity contribution in [2.24, 2.45) is 5.92 Å². The second kappa shape index (κ2) is 12.5. The highest BCUT2D eigenvalue weighted by molar-refractivity contribution is 5.79. The number of nitrogens with zero attached hydrogens (tertiary/aromatic N) is 1. The second-order valence-corrected chi connectivity index (χ2v) is 8.31. The Hall–Kier alpha value is -2.57. The van der Waals surface area contributed by atoms with Crippen LogP contribution >= 0.6 is 0 Å². The molecule has 3 rings (SSSR count). The number of allylic oxidation sites excluding steroid dienone is 1. The Labute approximate surface area is 188 Å². The predicted octanol–water partition coefficient (Wildman–Crippen LogP) is 5.59. The van der Waals surface area contributed by atoms with E-state index in [-0.39, 0.29) is 17.7 Å². The predicted molar refractivity (Wildman–Crippen MR) is 120 cm³/mol. The Morgan fingerprint density at radius 3 is 2.12 bits per heavy atom. The van der Waals surface area contributed by atoms with Gasteiger partial charge in [0.25, 0.3) is 0 Å². The molecule has 2 aromatic rings. The van der Waals surface area contributed by atoms with Crippen molar-refractivity contribution in [3.8, 4) is 0 Å². The molecule has 0 saturated carbocycles. The summed E-state index contributed by atoms with van der Waals surface area (Å²) in [5, 5.41) is 8.61. The second-order valence-electron chi connectivity index (χ2n) is 8.31. The zero-order valence-corrected chi connectivity index (χ0v) is 18.3. The number of benzene rings is 2. The lowest BCUT2D eigenvalue weighted by molar-refractivity contribution is -0.131. The molecule has 172 valence electrons. The van der Waals surface area contributed by atoms with Crippen molar-refractivity contribution in [2.75, 3.05) is 26.2 Å². The van der Waals surface area contributed by atoms with E-state index in [1.807, 2.05) is 0 Å². The molecule has 1 N–H and O–H groups in total. The van der Waals surface area contributed by atoms with Crippen LogP contribution in [0.4, 0.5) is 8.78 Å². The number of hydrogen-bond donors (Lipinski definition) is 1. The normalized spacial score (nSPS) is 15.6. The lowest BCUT2D eigenvalue weighted by Gasteiger charge is -2.32. The zero-order valence-electron chi connectivity index (χ0n) is 18.3. The summed E-state index contributed by atoms with van der Waals surface area (Å²) in [7, 11) is 0. The maximum Gasteiger partial charge on any atom is 0.327 e. The van der Waals surface area contributed by atoms with Gasteiger partial charge in [-0.1, -0.05) is 36.8 Å². The standard InChI is InChI=1S/C26H31F2NO3/c27-23-10-6-21(7-11-23)26(22-8-12-24(28)13-9-22)32-19-18-29-16-14-20(15-17-29)4-2-1-3-5-25(30)31/h3,5-13,20,26H,1-2,4,14-19H2,(H,30,31). The minimum Gasteiger partial charge on any atom is -0.478 e. The Morgan fingerprint density at radius 2 is 1.59 bits per heavy atom. The van der Waals surface area contributed by atoms with E-state index in [4.69, 9.17) is 9.84 Å². The Kier molecular flexibility index (Phi) is 9.38. The fraction of sp³-hybridized carbons (Fsp3) is 0.423. The summed E-state index contributed by atoms with van der Waals surface area (Å²) in [6.45, 7) is 3.39. The molecule has 0 aromatic heterocycles. The highest BCUT2D eigenvalue weighted by atomic mass is 19.1. The summed E-state index contributed by atoms with van der Waals surface area (Å²) in [4.78, 5) is 12.9. The van der Waals surface area contributed by atoms with Gasteiger partial charge in [0.2, 0.25) is 0 Å². The number of carboxylic acid groups (broad SMARTS) is 1. The lowest BCUT2D eigenvalue weighted by Crippen LogP contribution is -2.36. The van der Waals surface area contributed by atoms with E-state index in [2.05, 4.69) is 4.90 Å². The molecule has 1 fully saturated rings. The van der Waals surface area contributed by atoms with Gasteiger partial charge in [-0.05, 0) is 80.1 Å². The van der Waals surface area contributed by atoms with Crippen LogP contribution in [-0.2, 0) is 9.53 Å². The third kappa shape index (κ3) is 7.84. The highest BCUT2D eigenvalue weighted by Crippen LogP contribution is 2.27. The maximum atomic E-state index is 13.4. The number of ether oxygens (including phenoxy) is 1. The summed E-state index contributed by atoms with van der Waals surface area (Å²) < 4.78 is 32.9.